The highest BCUT2D eigenvalue weighted by Crippen LogP contribution is 2.41. The first kappa shape index (κ1) is 11.1. The Morgan fingerprint density at radius 3 is 2.81 bits per heavy atom. The van der Waals surface area contributed by atoms with Crippen LogP contribution in [0.5, 0.6) is 11.5 Å². The number of hydrogen-bond acceptors (Lipinski definition) is 3. The van der Waals surface area contributed by atoms with Crippen LogP contribution in [0.1, 0.15) is 22.8 Å². The Labute approximate surface area is 97.7 Å². The number of halogens is 1. The van der Waals surface area contributed by atoms with Crippen LogP contribution >= 0.6 is 11.6 Å². The summed E-state index contributed by atoms with van der Waals surface area (Å²) in [7, 11) is 0. The van der Waals surface area contributed by atoms with Crippen LogP contribution in [0.4, 0.5) is 0 Å². The lowest BCUT2D eigenvalue weighted by molar-refractivity contribution is 0.0694. The van der Waals surface area contributed by atoms with E-state index in [-0.39, 0.29) is 5.56 Å². The van der Waals surface area contributed by atoms with Crippen LogP contribution in [0.3, 0.4) is 0 Å². The first-order chi connectivity index (χ1) is 7.65. The molecule has 1 aliphatic heterocycles. The highest BCUT2D eigenvalue weighted by Gasteiger charge is 2.23. The molecular weight excluding hydrogens is 232 g/mol. The number of ether oxygens (including phenoxy) is 2. The highest BCUT2D eigenvalue weighted by atomic mass is 35.5. The average molecular weight is 243 g/mol. The molecule has 5 heteroatoms. The van der Waals surface area contributed by atoms with Crippen LogP contribution in [-0.2, 0) is 6.42 Å². The van der Waals surface area contributed by atoms with E-state index in [1.165, 1.54) is 6.07 Å². The van der Waals surface area contributed by atoms with Crippen LogP contribution in [0.2, 0.25) is 5.02 Å². The summed E-state index contributed by atoms with van der Waals surface area (Å²) < 4.78 is 10.7. The van der Waals surface area contributed by atoms with E-state index in [1.807, 2.05) is 6.92 Å². The summed E-state index contributed by atoms with van der Waals surface area (Å²) in [5.41, 5.74) is 0.759. The lowest BCUT2D eigenvalue weighted by atomic mass is 10.0. The molecule has 1 N–H and O–H groups in total. The largest absolute Gasteiger partial charge is 0.486 e. The van der Waals surface area contributed by atoms with Gasteiger partial charge in [0.2, 0.25) is 0 Å². The van der Waals surface area contributed by atoms with Gasteiger partial charge in [0.05, 0.1) is 10.6 Å². The summed E-state index contributed by atoms with van der Waals surface area (Å²) >= 11 is 6.11. The van der Waals surface area contributed by atoms with Crippen molar-refractivity contribution in [3.63, 3.8) is 0 Å². The van der Waals surface area contributed by atoms with Crippen LogP contribution in [-0.4, -0.2) is 24.3 Å². The van der Waals surface area contributed by atoms with Gasteiger partial charge >= 0.3 is 5.97 Å². The van der Waals surface area contributed by atoms with Gasteiger partial charge in [-0.3, -0.25) is 0 Å². The molecule has 2 rings (SSSR count). The van der Waals surface area contributed by atoms with Crippen molar-refractivity contribution < 1.29 is 19.4 Å². The molecule has 0 fully saturated rings. The second-order valence-electron chi connectivity index (χ2n) is 3.40. The standard InChI is InChI=1S/C11H11ClO4/c1-2-6-7(11(13)14)5-8-10(9(6)12)16-4-3-15-8/h5H,2-4H2,1H3,(H,13,14). The number of carboxylic acids is 1. The second-order valence-corrected chi connectivity index (χ2v) is 3.78. The quantitative estimate of drug-likeness (QED) is 0.865. The first-order valence-corrected chi connectivity index (χ1v) is 5.37. The van der Waals surface area contributed by atoms with Crippen molar-refractivity contribution in [2.45, 2.75) is 13.3 Å². The molecule has 1 heterocycles. The molecule has 16 heavy (non-hydrogen) atoms. The molecule has 1 aromatic carbocycles. The van der Waals surface area contributed by atoms with Crippen molar-refractivity contribution in [1.29, 1.82) is 0 Å². The molecule has 0 amide bonds. The number of carbonyl (C=O) groups is 1. The number of benzene rings is 1. The van der Waals surface area contributed by atoms with E-state index in [2.05, 4.69) is 0 Å². The molecule has 0 saturated carbocycles. The van der Waals surface area contributed by atoms with Gasteiger partial charge in [-0.05, 0) is 18.1 Å². The van der Waals surface area contributed by atoms with E-state index in [0.717, 1.165) is 0 Å². The van der Waals surface area contributed by atoms with Crippen molar-refractivity contribution in [1.82, 2.24) is 0 Å². The maximum Gasteiger partial charge on any atom is 0.336 e. The van der Waals surface area contributed by atoms with Gasteiger partial charge < -0.3 is 14.6 Å². The van der Waals surface area contributed by atoms with E-state index in [1.54, 1.807) is 0 Å². The Bertz CT molecular complexity index is 442. The summed E-state index contributed by atoms with van der Waals surface area (Å²) in [5.74, 6) is -0.142. The molecular formula is C11H11ClO4. The third-order valence-corrected chi connectivity index (χ3v) is 2.86. The smallest absolute Gasteiger partial charge is 0.336 e. The molecule has 0 unspecified atom stereocenters. The van der Waals surface area contributed by atoms with Gasteiger partial charge in [0, 0.05) is 0 Å². The van der Waals surface area contributed by atoms with E-state index in [0.29, 0.717) is 41.7 Å². The number of hydrogen-bond donors (Lipinski definition) is 1. The Kier molecular flexibility index (Phi) is 2.92. The predicted octanol–water partition coefficient (Wildman–Crippen LogP) is 2.37. The SMILES string of the molecule is CCc1c(C(=O)O)cc2c(c1Cl)OCCO2. The Hall–Kier alpha value is -1.42. The molecule has 0 atom stereocenters. The van der Waals surface area contributed by atoms with Crippen molar-refractivity contribution >= 4 is 17.6 Å². The molecule has 86 valence electrons. The molecule has 0 saturated heterocycles. The zero-order chi connectivity index (χ0) is 11.7. The van der Waals surface area contributed by atoms with Crippen molar-refractivity contribution in [3.05, 3.63) is 22.2 Å². The molecule has 1 aliphatic rings. The summed E-state index contributed by atoms with van der Waals surface area (Å²) in [5, 5.41) is 9.41. The van der Waals surface area contributed by atoms with Gasteiger partial charge in [-0.25, -0.2) is 4.79 Å². The number of aromatic carboxylic acids is 1. The maximum atomic E-state index is 11.1. The number of rotatable bonds is 2. The lowest BCUT2D eigenvalue weighted by Gasteiger charge is -2.21. The molecule has 4 nitrogen and oxygen atoms in total. The van der Waals surface area contributed by atoms with Gasteiger partial charge in [-0.15, -0.1) is 0 Å². The van der Waals surface area contributed by atoms with Crippen molar-refractivity contribution in [2.24, 2.45) is 0 Å². The summed E-state index contributed by atoms with van der Waals surface area (Å²) in [4.78, 5) is 11.1. The predicted molar refractivity (Wildman–Crippen MR) is 58.8 cm³/mol. The van der Waals surface area contributed by atoms with E-state index in [9.17, 15) is 4.79 Å². The van der Waals surface area contributed by atoms with Crippen molar-refractivity contribution in [3.8, 4) is 11.5 Å². The maximum absolute atomic E-state index is 11.1. The molecule has 0 aromatic heterocycles. The zero-order valence-electron chi connectivity index (χ0n) is 8.75. The average Bonchev–Trinajstić information content (AvgIpc) is 2.29. The van der Waals surface area contributed by atoms with Crippen LogP contribution < -0.4 is 9.47 Å². The minimum atomic E-state index is -1.00. The minimum absolute atomic E-state index is 0.178. The van der Waals surface area contributed by atoms with Crippen molar-refractivity contribution in [2.75, 3.05) is 13.2 Å². The van der Waals surface area contributed by atoms with Crippen LogP contribution in [0.25, 0.3) is 0 Å². The summed E-state index contributed by atoms with van der Waals surface area (Å²) in [6.45, 7) is 2.69. The fourth-order valence-electron chi connectivity index (χ4n) is 1.72. The molecule has 0 spiro atoms. The van der Waals surface area contributed by atoms with Crippen LogP contribution in [0, 0.1) is 0 Å². The second kappa shape index (κ2) is 4.22. The molecule has 1 aromatic rings. The molecule has 0 aliphatic carbocycles. The van der Waals surface area contributed by atoms with Gasteiger partial charge in [0.25, 0.3) is 0 Å². The van der Waals surface area contributed by atoms with Gasteiger partial charge in [-0.1, -0.05) is 18.5 Å². The third-order valence-electron chi connectivity index (χ3n) is 2.46. The Balaban J connectivity index is 2.64. The van der Waals surface area contributed by atoms with E-state index >= 15 is 0 Å². The van der Waals surface area contributed by atoms with E-state index in [4.69, 9.17) is 26.2 Å². The zero-order valence-corrected chi connectivity index (χ0v) is 9.50. The van der Waals surface area contributed by atoms with Gasteiger partial charge in [-0.2, -0.15) is 0 Å². The summed E-state index contributed by atoms with van der Waals surface area (Å²) in [6, 6.07) is 1.47. The topological polar surface area (TPSA) is 55.8 Å². The molecule has 0 bridgehead atoms. The van der Waals surface area contributed by atoms with E-state index < -0.39 is 5.97 Å². The highest BCUT2D eigenvalue weighted by molar-refractivity contribution is 6.33. The number of fused-ring (bicyclic) bond motifs is 1. The van der Waals surface area contributed by atoms with Crippen LogP contribution in [0.15, 0.2) is 6.07 Å². The van der Waals surface area contributed by atoms with Gasteiger partial charge in [0.15, 0.2) is 11.5 Å². The van der Waals surface area contributed by atoms with Gasteiger partial charge in [0.1, 0.15) is 13.2 Å². The fourth-order valence-corrected chi connectivity index (χ4v) is 2.10. The Morgan fingerprint density at radius 2 is 2.19 bits per heavy atom. The fraction of sp³-hybridized carbons (Fsp3) is 0.364. The summed E-state index contributed by atoms with van der Waals surface area (Å²) in [6.07, 6.45) is 0.539. The molecule has 0 radical (unpaired) electrons. The first-order valence-electron chi connectivity index (χ1n) is 4.99. The minimum Gasteiger partial charge on any atom is -0.486 e. The normalized spacial score (nSPS) is 13.6. The Morgan fingerprint density at radius 1 is 1.50 bits per heavy atom. The monoisotopic (exact) mass is 242 g/mol. The lowest BCUT2D eigenvalue weighted by Crippen LogP contribution is -2.17. The third kappa shape index (κ3) is 1.69. The number of carboxylic acid groups (broad SMARTS) is 1.